The van der Waals surface area contributed by atoms with Crippen LogP contribution in [0.5, 0.6) is 0 Å². The van der Waals surface area contributed by atoms with Gasteiger partial charge in [0.25, 0.3) is 0 Å². The van der Waals surface area contributed by atoms with Crippen molar-refractivity contribution in [2.45, 2.75) is 19.8 Å². The van der Waals surface area contributed by atoms with Gasteiger partial charge in [0.15, 0.2) is 5.78 Å². The number of hydrogen-bond acceptors (Lipinski definition) is 3. The molecule has 0 aliphatic rings. The van der Waals surface area contributed by atoms with E-state index < -0.39 is 5.97 Å². The summed E-state index contributed by atoms with van der Waals surface area (Å²) in [6.07, 6.45) is -0.297. The number of amides is 1. The highest BCUT2D eigenvalue weighted by Crippen LogP contribution is 2.23. The van der Waals surface area contributed by atoms with E-state index in [1.807, 2.05) is 0 Å². The van der Waals surface area contributed by atoms with E-state index in [0.29, 0.717) is 11.3 Å². The number of ketones is 1. The molecule has 1 rings (SSSR count). The molecule has 0 aliphatic carbocycles. The topological polar surface area (TPSA) is 83.5 Å². The molecule has 0 spiro atoms. The summed E-state index contributed by atoms with van der Waals surface area (Å²) in [7, 11) is 0. The van der Waals surface area contributed by atoms with Crippen LogP contribution in [0, 0.1) is 0 Å². The minimum atomic E-state index is -1.02. The molecule has 0 saturated heterocycles. The van der Waals surface area contributed by atoms with Crippen LogP contribution in [0.25, 0.3) is 0 Å². The molecule has 0 fully saturated rings. The maximum Gasteiger partial charge on any atom is 0.303 e. The van der Waals surface area contributed by atoms with E-state index >= 15 is 0 Å². The van der Waals surface area contributed by atoms with Crippen molar-refractivity contribution in [2.75, 3.05) is 5.32 Å². The molecule has 0 unspecified atom stereocenters. The maximum absolute atomic E-state index is 11.6. The molecule has 18 heavy (non-hydrogen) atoms. The van der Waals surface area contributed by atoms with Crippen LogP contribution < -0.4 is 5.32 Å². The predicted molar refractivity (Wildman–Crippen MR) is 67.0 cm³/mol. The molecular weight excluding hydrogens is 258 g/mol. The highest BCUT2D eigenvalue weighted by molar-refractivity contribution is 6.34. The first kappa shape index (κ1) is 14.2. The van der Waals surface area contributed by atoms with Gasteiger partial charge in [0.05, 0.1) is 17.1 Å². The molecule has 2 N–H and O–H groups in total. The summed E-state index contributed by atoms with van der Waals surface area (Å²) >= 11 is 5.90. The van der Waals surface area contributed by atoms with Crippen molar-refractivity contribution in [3.63, 3.8) is 0 Å². The number of benzene rings is 1. The van der Waals surface area contributed by atoms with Gasteiger partial charge in [0.2, 0.25) is 5.91 Å². The van der Waals surface area contributed by atoms with Gasteiger partial charge in [-0.15, -0.1) is 0 Å². The van der Waals surface area contributed by atoms with E-state index in [2.05, 4.69) is 5.32 Å². The first-order chi connectivity index (χ1) is 8.40. The molecular formula is C12H12ClNO4. The smallest absolute Gasteiger partial charge is 0.303 e. The number of hydrogen-bond donors (Lipinski definition) is 2. The van der Waals surface area contributed by atoms with E-state index in [1.165, 1.54) is 25.1 Å². The standard InChI is InChI=1S/C12H12ClNO4/c1-7(15)14-10-3-2-8(6-9(10)13)11(16)4-5-12(17)18/h2-3,6H,4-5H2,1H3,(H,14,15)(H,17,18). The lowest BCUT2D eigenvalue weighted by Gasteiger charge is -2.06. The molecule has 0 atom stereocenters. The maximum atomic E-state index is 11.6. The summed E-state index contributed by atoms with van der Waals surface area (Å²) < 4.78 is 0. The van der Waals surface area contributed by atoms with Crippen LogP contribution in [0.2, 0.25) is 5.02 Å². The van der Waals surface area contributed by atoms with Crippen molar-refractivity contribution < 1.29 is 19.5 Å². The zero-order valence-electron chi connectivity index (χ0n) is 9.70. The molecule has 1 aromatic rings. The molecule has 1 amide bonds. The Morgan fingerprint density at radius 2 is 1.94 bits per heavy atom. The average Bonchev–Trinajstić information content (AvgIpc) is 2.28. The number of aliphatic carboxylic acids is 1. The number of carboxylic acid groups (broad SMARTS) is 1. The van der Waals surface area contributed by atoms with Crippen molar-refractivity contribution in [3.05, 3.63) is 28.8 Å². The largest absolute Gasteiger partial charge is 0.481 e. The van der Waals surface area contributed by atoms with Gasteiger partial charge < -0.3 is 10.4 Å². The predicted octanol–water partition coefficient (Wildman–Crippen LogP) is 2.35. The van der Waals surface area contributed by atoms with Gasteiger partial charge in [-0.1, -0.05) is 11.6 Å². The molecule has 1 aromatic carbocycles. The Labute approximate surface area is 109 Å². The van der Waals surface area contributed by atoms with Crippen molar-refractivity contribution in [2.24, 2.45) is 0 Å². The van der Waals surface area contributed by atoms with Crippen molar-refractivity contribution in [1.82, 2.24) is 0 Å². The van der Waals surface area contributed by atoms with Gasteiger partial charge in [-0.3, -0.25) is 14.4 Å². The number of carbonyl (C=O) groups excluding carboxylic acids is 2. The van der Waals surface area contributed by atoms with Crippen LogP contribution in [0.1, 0.15) is 30.1 Å². The number of rotatable bonds is 5. The van der Waals surface area contributed by atoms with Gasteiger partial charge in [-0.25, -0.2) is 0 Å². The molecule has 0 aromatic heterocycles. The van der Waals surface area contributed by atoms with Gasteiger partial charge in [0.1, 0.15) is 0 Å². The van der Waals surface area contributed by atoms with Crippen LogP contribution in [0.15, 0.2) is 18.2 Å². The lowest BCUT2D eigenvalue weighted by molar-refractivity contribution is -0.137. The minimum Gasteiger partial charge on any atom is -0.481 e. The van der Waals surface area contributed by atoms with Gasteiger partial charge in [0, 0.05) is 18.9 Å². The number of halogens is 1. The van der Waals surface area contributed by atoms with Gasteiger partial charge >= 0.3 is 5.97 Å². The number of nitrogens with one attached hydrogen (secondary N) is 1. The van der Waals surface area contributed by atoms with Crippen LogP contribution in [0.4, 0.5) is 5.69 Å². The molecule has 6 heteroatoms. The summed E-state index contributed by atoms with van der Waals surface area (Å²) in [6, 6.07) is 4.43. The van der Waals surface area contributed by atoms with Crippen LogP contribution in [-0.2, 0) is 9.59 Å². The second-order valence-corrected chi connectivity index (χ2v) is 4.10. The Bertz CT molecular complexity index is 499. The highest BCUT2D eigenvalue weighted by Gasteiger charge is 2.11. The van der Waals surface area contributed by atoms with Crippen LogP contribution >= 0.6 is 11.6 Å². The first-order valence-electron chi connectivity index (χ1n) is 5.22. The van der Waals surface area contributed by atoms with Crippen molar-refractivity contribution >= 4 is 34.9 Å². The third-order valence-corrected chi connectivity index (χ3v) is 2.48. The van der Waals surface area contributed by atoms with E-state index in [0.717, 1.165) is 0 Å². The summed E-state index contributed by atoms with van der Waals surface area (Å²) in [5.41, 5.74) is 0.745. The summed E-state index contributed by atoms with van der Waals surface area (Å²) in [6.45, 7) is 1.35. The SMILES string of the molecule is CC(=O)Nc1ccc(C(=O)CCC(=O)O)cc1Cl. The van der Waals surface area contributed by atoms with E-state index in [1.54, 1.807) is 0 Å². The fraction of sp³-hybridized carbons (Fsp3) is 0.250. The second kappa shape index (κ2) is 6.16. The Morgan fingerprint density at radius 3 is 2.44 bits per heavy atom. The normalized spacial score (nSPS) is 9.89. The number of Topliss-reactive ketones (excluding diaryl/α,β-unsaturated/α-hetero) is 1. The first-order valence-corrected chi connectivity index (χ1v) is 5.60. The highest BCUT2D eigenvalue weighted by atomic mass is 35.5. The number of carbonyl (C=O) groups is 3. The lowest BCUT2D eigenvalue weighted by atomic mass is 10.1. The summed E-state index contributed by atoms with van der Waals surface area (Å²) in [4.78, 5) is 32.8. The average molecular weight is 270 g/mol. The Hall–Kier alpha value is -1.88. The quantitative estimate of drug-likeness (QED) is 0.804. The molecule has 0 aliphatic heterocycles. The molecule has 96 valence electrons. The lowest BCUT2D eigenvalue weighted by Crippen LogP contribution is -2.07. The molecule has 0 heterocycles. The third kappa shape index (κ3) is 4.18. The monoisotopic (exact) mass is 269 g/mol. The Balaban J connectivity index is 2.80. The van der Waals surface area contributed by atoms with E-state index in [-0.39, 0.29) is 29.6 Å². The fourth-order valence-electron chi connectivity index (χ4n) is 1.34. The van der Waals surface area contributed by atoms with E-state index in [9.17, 15) is 14.4 Å². The zero-order chi connectivity index (χ0) is 13.7. The molecule has 0 saturated carbocycles. The molecule has 0 radical (unpaired) electrons. The Kier molecular flexibility index (Phi) is 4.85. The van der Waals surface area contributed by atoms with Crippen LogP contribution in [-0.4, -0.2) is 22.8 Å². The van der Waals surface area contributed by atoms with Gasteiger partial charge in [-0.05, 0) is 18.2 Å². The minimum absolute atomic E-state index is 0.0782. The zero-order valence-corrected chi connectivity index (χ0v) is 10.5. The molecule has 0 bridgehead atoms. The Morgan fingerprint density at radius 1 is 1.28 bits per heavy atom. The van der Waals surface area contributed by atoms with E-state index in [4.69, 9.17) is 16.7 Å². The second-order valence-electron chi connectivity index (χ2n) is 3.69. The third-order valence-electron chi connectivity index (χ3n) is 2.17. The summed E-state index contributed by atoms with van der Waals surface area (Å²) in [5.74, 6) is -1.58. The van der Waals surface area contributed by atoms with Crippen molar-refractivity contribution in [3.8, 4) is 0 Å². The van der Waals surface area contributed by atoms with Crippen molar-refractivity contribution in [1.29, 1.82) is 0 Å². The number of carboxylic acids is 1. The van der Waals surface area contributed by atoms with Gasteiger partial charge in [-0.2, -0.15) is 0 Å². The van der Waals surface area contributed by atoms with Crippen LogP contribution in [0.3, 0.4) is 0 Å². The number of anilines is 1. The summed E-state index contributed by atoms with van der Waals surface area (Å²) in [5, 5.41) is 11.2. The fourth-order valence-corrected chi connectivity index (χ4v) is 1.57. The molecule has 5 nitrogen and oxygen atoms in total.